The number of rotatable bonds is 3. The molecule has 3 rings (SSSR count). The molecule has 2 heterocycles. The van der Waals surface area contributed by atoms with E-state index in [1.807, 2.05) is 57.2 Å². The second-order valence-corrected chi connectivity index (χ2v) is 6.49. The molecule has 0 radical (unpaired) electrons. The second-order valence-electron chi connectivity index (χ2n) is 5.23. The van der Waals surface area contributed by atoms with Crippen molar-refractivity contribution in [2.24, 2.45) is 0 Å². The normalized spacial score (nSPS) is 12.5. The van der Waals surface area contributed by atoms with E-state index in [-0.39, 0.29) is 11.9 Å². The van der Waals surface area contributed by atoms with Gasteiger partial charge in [-0.1, -0.05) is 18.2 Å². The lowest BCUT2D eigenvalue weighted by molar-refractivity contribution is 0.0940. The number of furan rings is 1. The summed E-state index contributed by atoms with van der Waals surface area (Å²) in [5, 5.41) is 4.04. The Morgan fingerprint density at radius 2 is 2.00 bits per heavy atom. The van der Waals surface area contributed by atoms with Gasteiger partial charge in [0.2, 0.25) is 0 Å². The number of para-hydroxylation sites is 1. The lowest BCUT2D eigenvalue weighted by atomic mass is 10.2. The van der Waals surface area contributed by atoms with Crippen molar-refractivity contribution in [1.29, 1.82) is 0 Å². The molecule has 4 heteroatoms. The van der Waals surface area contributed by atoms with Crippen LogP contribution in [0.1, 0.15) is 38.8 Å². The maximum atomic E-state index is 12.3. The van der Waals surface area contributed by atoms with Crippen molar-refractivity contribution >= 4 is 28.2 Å². The molecule has 1 N–H and O–H groups in total. The topological polar surface area (TPSA) is 42.2 Å². The summed E-state index contributed by atoms with van der Waals surface area (Å²) in [6.45, 7) is 5.98. The number of fused-ring (bicyclic) bond motifs is 1. The van der Waals surface area contributed by atoms with E-state index < -0.39 is 0 Å². The van der Waals surface area contributed by atoms with Gasteiger partial charge in [-0.2, -0.15) is 0 Å². The third kappa shape index (κ3) is 2.72. The highest BCUT2D eigenvalue weighted by atomic mass is 32.1. The molecule has 108 valence electrons. The summed E-state index contributed by atoms with van der Waals surface area (Å²) in [6.07, 6.45) is 0. The highest BCUT2D eigenvalue weighted by Crippen LogP contribution is 2.25. The van der Waals surface area contributed by atoms with Gasteiger partial charge in [-0.15, -0.1) is 11.3 Å². The Bertz CT molecular complexity index is 748. The van der Waals surface area contributed by atoms with E-state index in [1.54, 1.807) is 0 Å². The Hall–Kier alpha value is -2.07. The predicted molar refractivity (Wildman–Crippen MR) is 85.9 cm³/mol. The minimum Gasteiger partial charge on any atom is -0.459 e. The van der Waals surface area contributed by atoms with Gasteiger partial charge in [0.25, 0.3) is 5.91 Å². The Morgan fingerprint density at radius 3 is 2.67 bits per heavy atom. The molecule has 0 saturated heterocycles. The predicted octanol–water partition coefficient (Wildman–Crippen LogP) is 4.60. The van der Waals surface area contributed by atoms with Gasteiger partial charge in [0.05, 0.1) is 10.9 Å². The molecular formula is C17H17NO2S. The number of aryl methyl sites for hydroxylation is 2. The smallest absolute Gasteiger partial charge is 0.261 e. The molecule has 21 heavy (non-hydrogen) atoms. The monoisotopic (exact) mass is 299 g/mol. The van der Waals surface area contributed by atoms with Gasteiger partial charge < -0.3 is 9.73 Å². The number of benzene rings is 1. The molecular weight excluding hydrogens is 282 g/mol. The molecule has 0 aliphatic rings. The first-order valence-electron chi connectivity index (χ1n) is 6.91. The molecule has 0 bridgehead atoms. The van der Waals surface area contributed by atoms with Crippen LogP contribution >= 0.6 is 11.3 Å². The average Bonchev–Trinajstić information content (AvgIpc) is 3.03. The third-order valence-corrected chi connectivity index (χ3v) is 4.76. The van der Waals surface area contributed by atoms with Gasteiger partial charge in [0.15, 0.2) is 0 Å². The van der Waals surface area contributed by atoms with Gasteiger partial charge in [-0.05, 0) is 44.5 Å². The fourth-order valence-electron chi connectivity index (χ4n) is 2.24. The standard InChI is InChI=1S/C17H17NO2S/c1-10-8-16(21-12(10)3)17(19)18-11(2)15-9-13-6-4-5-7-14(13)20-15/h4-9,11H,1-3H3,(H,18,19). The van der Waals surface area contributed by atoms with E-state index in [4.69, 9.17) is 4.42 Å². The first kappa shape index (κ1) is 13.9. The molecule has 0 spiro atoms. The zero-order valence-electron chi connectivity index (χ0n) is 12.3. The molecule has 1 amide bonds. The second kappa shape index (κ2) is 5.37. The van der Waals surface area contributed by atoms with E-state index in [9.17, 15) is 4.79 Å². The number of carbonyl (C=O) groups is 1. The van der Waals surface area contributed by atoms with Crippen molar-refractivity contribution in [3.8, 4) is 0 Å². The van der Waals surface area contributed by atoms with Crippen molar-refractivity contribution in [1.82, 2.24) is 5.32 Å². The molecule has 3 aromatic rings. The quantitative estimate of drug-likeness (QED) is 0.768. The highest BCUT2D eigenvalue weighted by molar-refractivity contribution is 7.14. The van der Waals surface area contributed by atoms with Crippen LogP contribution in [0.3, 0.4) is 0 Å². The molecule has 0 fully saturated rings. The highest BCUT2D eigenvalue weighted by Gasteiger charge is 2.17. The van der Waals surface area contributed by atoms with E-state index in [2.05, 4.69) is 5.32 Å². The van der Waals surface area contributed by atoms with Gasteiger partial charge in [-0.25, -0.2) is 0 Å². The maximum absolute atomic E-state index is 12.3. The summed E-state index contributed by atoms with van der Waals surface area (Å²) in [7, 11) is 0. The number of amides is 1. The van der Waals surface area contributed by atoms with Crippen molar-refractivity contribution < 1.29 is 9.21 Å². The number of carbonyl (C=O) groups excluding carboxylic acids is 1. The largest absolute Gasteiger partial charge is 0.459 e. The Kier molecular flexibility index (Phi) is 3.55. The summed E-state index contributed by atoms with van der Waals surface area (Å²) in [5.74, 6) is 0.721. The molecule has 1 atom stereocenters. The van der Waals surface area contributed by atoms with E-state index >= 15 is 0 Å². The lowest BCUT2D eigenvalue weighted by Gasteiger charge is -2.10. The van der Waals surface area contributed by atoms with Gasteiger partial charge >= 0.3 is 0 Å². The first-order valence-corrected chi connectivity index (χ1v) is 7.72. The minimum atomic E-state index is -0.160. The van der Waals surface area contributed by atoms with Crippen LogP contribution in [0.2, 0.25) is 0 Å². The number of thiophene rings is 1. The maximum Gasteiger partial charge on any atom is 0.261 e. The Balaban J connectivity index is 1.79. The fraction of sp³-hybridized carbons (Fsp3) is 0.235. The third-order valence-electron chi connectivity index (χ3n) is 3.61. The van der Waals surface area contributed by atoms with Gasteiger partial charge in [0.1, 0.15) is 11.3 Å². The molecule has 0 saturated carbocycles. The van der Waals surface area contributed by atoms with Crippen LogP contribution in [0.5, 0.6) is 0 Å². The van der Waals surface area contributed by atoms with Gasteiger partial charge in [-0.3, -0.25) is 4.79 Å². The summed E-state index contributed by atoms with van der Waals surface area (Å²) in [6, 6.07) is 11.6. The lowest BCUT2D eigenvalue weighted by Crippen LogP contribution is -2.25. The van der Waals surface area contributed by atoms with Crippen molar-refractivity contribution in [2.75, 3.05) is 0 Å². The molecule has 1 unspecified atom stereocenters. The van der Waals surface area contributed by atoms with E-state index in [0.717, 1.165) is 27.2 Å². The minimum absolute atomic E-state index is 0.0517. The van der Waals surface area contributed by atoms with Crippen LogP contribution in [-0.2, 0) is 0 Å². The van der Waals surface area contributed by atoms with Crippen LogP contribution in [0.4, 0.5) is 0 Å². The van der Waals surface area contributed by atoms with Crippen LogP contribution < -0.4 is 5.32 Å². The fourth-order valence-corrected chi connectivity index (χ4v) is 3.18. The molecule has 0 aliphatic carbocycles. The summed E-state index contributed by atoms with van der Waals surface area (Å²) >= 11 is 1.52. The molecule has 3 nitrogen and oxygen atoms in total. The van der Waals surface area contributed by atoms with Crippen LogP contribution in [-0.4, -0.2) is 5.91 Å². The number of hydrogen-bond donors (Lipinski definition) is 1. The van der Waals surface area contributed by atoms with Crippen molar-refractivity contribution in [3.63, 3.8) is 0 Å². The molecule has 2 aromatic heterocycles. The average molecular weight is 299 g/mol. The van der Waals surface area contributed by atoms with Crippen molar-refractivity contribution in [2.45, 2.75) is 26.8 Å². The Morgan fingerprint density at radius 1 is 1.24 bits per heavy atom. The zero-order valence-corrected chi connectivity index (χ0v) is 13.1. The first-order chi connectivity index (χ1) is 10.0. The number of hydrogen-bond acceptors (Lipinski definition) is 3. The van der Waals surface area contributed by atoms with Crippen molar-refractivity contribution in [3.05, 3.63) is 57.5 Å². The Labute approximate surface area is 127 Å². The van der Waals surface area contributed by atoms with Crippen LogP contribution in [0.25, 0.3) is 11.0 Å². The van der Waals surface area contributed by atoms with E-state index in [0.29, 0.717) is 0 Å². The van der Waals surface area contributed by atoms with E-state index in [1.165, 1.54) is 16.2 Å². The molecule has 0 aliphatic heterocycles. The zero-order chi connectivity index (χ0) is 15.0. The van der Waals surface area contributed by atoms with Crippen LogP contribution in [0, 0.1) is 13.8 Å². The summed E-state index contributed by atoms with van der Waals surface area (Å²) in [5.41, 5.74) is 2.00. The summed E-state index contributed by atoms with van der Waals surface area (Å²) in [4.78, 5) is 14.2. The summed E-state index contributed by atoms with van der Waals surface area (Å²) < 4.78 is 5.78. The van der Waals surface area contributed by atoms with Gasteiger partial charge in [0, 0.05) is 10.3 Å². The molecule has 1 aromatic carbocycles. The number of nitrogens with one attached hydrogen (secondary N) is 1. The SMILES string of the molecule is Cc1cc(C(=O)NC(C)c2cc3ccccc3o2)sc1C. The van der Waals surface area contributed by atoms with Crippen LogP contribution in [0.15, 0.2) is 40.8 Å².